The van der Waals surface area contributed by atoms with Crippen LogP contribution in [0.15, 0.2) is 39.5 Å². The van der Waals surface area contributed by atoms with Gasteiger partial charge in [0, 0.05) is 29.4 Å². The van der Waals surface area contributed by atoms with Gasteiger partial charge in [-0.25, -0.2) is 4.79 Å². The molecular weight excluding hydrogens is 290 g/mol. The predicted octanol–water partition coefficient (Wildman–Crippen LogP) is 2.15. The van der Waals surface area contributed by atoms with Gasteiger partial charge >= 0.3 is 5.63 Å². The Hall–Kier alpha value is -2.33. The first-order valence-corrected chi connectivity index (χ1v) is 8.18. The molecule has 0 spiro atoms. The number of hydrogen-bond donors (Lipinski definition) is 1. The summed E-state index contributed by atoms with van der Waals surface area (Å²) in [7, 11) is 0. The van der Waals surface area contributed by atoms with Crippen LogP contribution in [0.1, 0.15) is 24.0 Å². The van der Waals surface area contributed by atoms with E-state index in [2.05, 4.69) is 6.07 Å². The van der Waals surface area contributed by atoms with Crippen LogP contribution in [0, 0.1) is 6.92 Å². The molecule has 1 atom stereocenters. The molecule has 23 heavy (non-hydrogen) atoms. The first kappa shape index (κ1) is 13.1. The third-order valence-corrected chi connectivity index (χ3v) is 5.14. The van der Waals surface area contributed by atoms with E-state index in [1.807, 2.05) is 31.2 Å². The Morgan fingerprint density at radius 3 is 2.70 bits per heavy atom. The zero-order valence-corrected chi connectivity index (χ0v) is 13.0. The molecule has 0 amide bonds. The lowest BCUT2D eigenvalue weighted by Gasteiger charge is -2.27. The normalized spacial score (nSPS) is 20.5. The molecule has 4 heteroatoms. The lowest BCUT2D eigenvalue weighted by atomic mass is 10.00. The number of quaternary nitrogens is 1. The van der Waals surface area contributed by atoms with E-state index < -0.39 is 0 Å². The highest BCUT2D eigenvalue weighted by atomic mass is 16.5. The fourth-order valence-corrected chi connectivity index (χ4v) is 3.77. The summed E-state index contributed by atoms with van der Waals surface area (Å²) in [6, 6.07) is 10.6. The van der Waals surface area contributed by atoms with Gasteiger partial charge in [-0.2, -0.15) is 0 Å². The van der Waals surface area contributed by atoms with E-state index in [1.165, 1.54) is 23.3 Å². The highest BCUT2D eigenvalue weighted by Crippen LogP contribution is 2.35. The minimum atomic E-state index is -0.280. The van der Waals surface area contributed by atoms with Crippen LogP contribution < -0.4 is 15.3 Å². The van der Waals surface area contributed by atoms with E-state index >= 15 is 0 Å². The van der Waals surface area contributed by atoms with Crippen molar-refractivity contribution in [1.82, 2.24) is 0 Å². The molecule has 1 N–H and O–H groups in total. The molecule has 0 radical (unpaired) electrons. The van der Waals surface area contributed by atoms with Crippen LogP contribution in [0.5, 0.6) is 5.75 Å². The topological polar surface area (TPSA) is 43.9 Å². The van der Waals surface area contributed by atoms with Crippen molar-refractivity contribution in [2.24, 2.45) is 0 Å². The summed E-state index contributed by atoms with van der Waals surface area (Å²) in [6.07, 6.45) is 2.61. The summed E-state index contributed by atoms with van der Waals surface area (Å²) in [6.45, 7) is 3.69. The highest BCUT2D eigenvalue weighted by Gasteiger charge is 2.37. The van der Waals surface area contributed by atoms with Crippen LogP contribution in [-0.2, 0) is 6.54 Å². The molecular formula is C19H18NO3+. The Morgan fingerprint density at radius 2 is 1.91 bits per heavy atom. The number of fused-ring (bicyclic) bond motifs is 4. The molecule has 1 unspecified atom stereocenters. The van der Waals surface area contributed by atoms with Gasteiger partial charge in [0.2, 0.25) is 6.73 Å². The molecule has 116 valence electrons. The fourth-order valence-electron chi connectivity index (χ4n) is 3.77. The van der Waals surface area contributed by atoms with E-state index in [9.17, 15) is 4.79 Å². The van der Waals surface area contributed by atoms with Gasteiger partial charge < -0.3 is 9.15 Å². The molecule has 1 aliphatic heterocycles. The van der Waals surface area contributed by atoms with Crippen LogP contribution in [0.3, 0.4) is 0 Å². The van der Waals surface area contributed by atoms with Crippen molar-refractivity contribution in [3.8, 4) is 5.75 Å². The molecule has 5 rings (SSSR count). The van der Waals surface area contributed by atoms with E-state index in [0.29, 0.717) is 17.7 Å². The molecule has 2 aromatic carbocycles. The number of aryl methyl sites for hydroxylation is 1. The molecule has 0 bridgehead atoms. The summed E-state index contributed by atoms with van der Waals surface area (Å²) in [5, 5.41) is 2.61. The third-order valence-electron chi connectivity index (χ3n) is 5.14. The second kappa shape index (κ2) is 4.59. The lowest BCUT2D eigenvalue weighted by molar-refractivity contribution is -0.943. The minimum Gasteiger partial charge on any atom is -0.444 e. The molecule has 2 aliphatic rings. The standard InChI is InChI=1S/C19H17NO3/c1-11-17-12(9-20(10-22-17)13-6-7-13)8-16-14-4-2-3-5-15(14)19(21)23-18(11)16/h2-5,8,13H,6-7,9-10H2,1H3/p+1. The summed E-state index contributed by atoms with van der Waals surface area (Å²) in [5.74, 6) is 0.903. The molecule has 3 aromatic rings. The molecule has 0 saturated heterocycles. The highest BCUT2D eigenvalue weighted by molar-refractivity contribution is 6.06. The van der Waals surface area contributed by atoms with Gasteiger partial charge in [0.05, 0.1) is 11.4 Å². The van der Waals surface area contributed by atoms with Crippen LogP contribution in [0.25, 0.3) is 21.7 Å². The zero-order valence-electron chi connectivity index (χ0n) is 13.0. The van der Waals surface area contributed by atoms with Crippen molar-refractivity contribution in [3.63, 3.8) is 0 Å². The second-order valence-corrected chi connectivity index (χ2v) is 6.70. The first-order valence-electron chi connectivity index (χ1n) is 8.18. The van der Waals surface area contributed by atoms with E-state index in [1.54, 1.807) is 0 Å². The molecule has 1 aromatic heterocycles. The maximum absolute atomic E-state index is 12.3. The fraction of sp³-hybridized carbons (Fsp3) is 0.316. The van der Waals surface area contributed by atoms with Crippen molar-refractivity contribution in [3.05, 3.63) is 51.9 Å². The minimum absolute atomic E-state index is 0.280. The zero-order chi connectivity index (χ0) is 15.6. The Morgan fingerprint density at radius 1 is 1.13 bits per heavy atom. The van der Waals surface area contributed by atoms with Gasteiger partial charge in [-0.05, 0) is 24.4 Å². The number of hydrogen-bond acceptors (Lipinski definition) is 3. The van der Waals surface area contributed by atoms with Gasteiger partial charge in [0.1, 0.15) is 17.9 Å². The van der Waals surface area contributed by atoms with Gasteiger partial charge in [-0.1, -0.05) is 18.2 Å². The summed E-state index contributed by atoms with van der Waals surface area (Å²) in [4.78, 5) is 13.8. The SMILES string of the molecule is Cc1c2c(cc3c1oc(=O)c1ccccc13)C[NH+](C1CC1)CO2. The van der Waals surface area contributed by atoms with Gasteiger partial charge in [-0.15, -0.1) is 0 Å². The maximum Gasteiger partial charge on any atom is 0.344 e. The van der Waals surface area contributed by atoms with Gasteiger partial charge in [0.15, 0.2) is 0 Å². The molecule has 2 heterocycles. The number of rotatable bonds is 1. The molecule has 1 fully saturated rings. The van der Waals surface area contributed by atoms with Crippen LogP contribution in [0.2, 0.25) is 0 Å². The Balaban J connectivity index is 1.81. The van der Waals surface area contributed by atoms with Crippen LogP contribution in [0.4, 0.5) is 0 Å². The van der Waals surface area contributed by atoms with E-state index in [0.717, 1.165) is 34.7 Å². The van der Waals surface area contributed by atoms with Crippen molar-refractivity contribution >= 4 is 21.7 Å². The quantitative estimate of drug-likeness (QED) is 0.553. The van der Waals surface area contributed by atoms with E-state index in [-0.39, 0.29) is 5.63 Å². The molecule has 4 nitrogen and oxygen atoms in total. The van der Waals surface area contributed by atoms with Crippen molar-refractivity contribution in [2.45, 2.75) is 32.4 Å². The second-order valence-electron chi connectivity index (χ2n) is 6.70. The van der Waals surface area contributed by atoms with Crippen LogP contribution >= 0.6 is 0 Å². The third kappa shape index (κ3) is 1.91. The predicted molar refractivity (Wildman–Crippen MR) is 87.9 cm³/mol. The number of ether oxygens (including phenoxy) is 1. The average molecular weight is 308 g/mol. The summed E-state index contributed by atoms with van der Waals surface area (Å²) >= 11 is 0. The van der Waals surface area contributed by atoms with Crippen molar-refractivity contribution < 1.29 is 14.1 Å². The van der Waals surface area contributed by atoms with Gasteiger partial charge in [-0.3, -0.25) is 4.90 Å². The summed E-state index contributed by atoms with van der Waals surface area (Å²) in [5.41, 5.74) is 2.54. The maximum atomic E-state index is 12.3. The monoisotopic (exact) mass is 308 g/mol. The Labute approximate surface area is 133 Å². The van der Waals surface area contributed by atoms with Crippen molar-refractivity contribution in [1.29, 1.82) is 0 Å². The van der Waals surface area contributed by atoms with E-state index in [4.69, 9.17) is 9.15 Å². The summed E-state index contributed by atoms with van der Waals surface area (Å²) < 4.78 is 11.6. The largest absolute Gasteiger partial charge is 0.444 e. The smallest absolute Gasteiger partial charge is 0.344 e. The number of nitrogens with one attached hydrogen (secondary N) is 1. The Bertz CT molecular complexity index is 1000. The lowest BCUT2D eigenvalue weighted by Crippen LogP contribution is -3.13. The first-order chi connectivity index (χ1) is 11.2. The Kier molecular flexibility index (Phi) is 2.62. The van der Waals surface area contributed by atoms with Crippen LogP contribution in [-0.4, -0.2) is 12.8 Å². The number of benzene rings is 2. The molecule has 1 saturated carbocycles. The average Bonchev–Trinajstić information content (AvgIpc) is 3.41. The van der Waals surface area contributed by atoms with Gasteiger partial charge in [0.25, 0.3) is 0 Å². The van der Waals surface area contributed by atoms with Crippen molar-refractivity contribution in [2.75, 3.05) is 6.73 Å². The molecule has 1 aliphatic carbocycles.